The molecule has 0 spiro atoms. The number of hydrogen-bond donors (Lipinski definition) is 2. The van der Waals surface area contributed by atoms with Gasteiger partial charge in [0.15, 0.2) is 0 Å². The van der Waals surface area contributed by atoms with E-state index in [0.29, 0.717) is 12.8 Å². The average molecular weight is 280 g/mol. The van der Waals surface area contributed by atoms with Crippen LogP contribution in [-0.4, -0.2) is 35.5 Å². The van der Waals surface area contributed by atoms with Crippen LogP contribution in [0.15, 0.2) is 48.6 Å². The maximum Gasteiger partial charge on any atom is 0.305 e. The summed E-state index contributed by atoms with van der Waals surface area (Å²) in [5.74, 6) is -0.307. The number of methoxy groups -OCH3 is 1. The van der Waals surface area contributed by atoms with Gasteiger partial charge in [0.25, 0.3) is 0 Å². The molecule has 0 bridgehead atoms. The highest BCUT2D eigenvalue weighted by atomic mass is 16.5. The predicted molar refractivity (Wildman–Crippen MR) is 80.1 cm³/mol. The van der Waals surface area contributed by atoms with Crippen molar-refractivity contribution in [1.29, 1.82) is 0 Å². The molecule has 4 heteroatoms. The van der Waals surface area contributed by atoms with Crippen LogP contribution in [0, 0.1) is 0 Å². The van der Waals surface area contributed by atoms with Gasteiger partial charge < -0.3 is 14.9 Å². The number of rotatable bonds is 9. The first-order chi connectivity index (χ1) is 9.61. The van der Waals surface area contributed by atoms with E-state index in [9.17, 15) is 15.0 Å². The lowest BCUT2D eigenvalue weighted by Gasteiger charge is -2.13. The van der Waals surface area contributed by atoms with Gasteiger partial charge in [-0.1, -0.05) is 48.6 Å². The van der Waals surface area contributed by atoms with Crippen LogP contribution in [0.2, 0.25) is 0 Å². The number of carbonyl (C=O) groups is 1. The fraction of sp³-hybridized carbons (Fsp3) is 0.438. The molecule has 0 radical (unpaired) electrons. The molecule has 2 N–H and O–H groups in total. The maximum atomic E-state index is 10.9. The Labute approximate surface area is 120 Å². The molecular formula is C16H24O4. The van der Waals surface area contributed by atoms with Gasteiger partial charge in [-0.25, -0.2) is 0 Å². The van der Waals surface area contributed by atoms with Crippen LogP contribution in [0.3, 0.4) is 0 Å². The van der Waals surface area contributed by atoms with E-state index in [0.717, 1.165) is 0 Å². The van der Waals surface area contributed by atoms with E-state index >= 15 is 0 Å². The van der Waals surface area contributed by atoms with Gasteiger partial charge in [0.2, 0.25) is 0 Å². The quantitative estimate of drug-likeness (QED) is 0.502. The van der Waals surface area contributed by atoms with E-state index < -0.39 is 12.2 Å². The molecule has 0 aliphatic heterocycles. The van der Waals surface area contributed by atoms with Crippen LogP contribution in [0.5, 0.6) is 0 Å². The van der Waals surface area contributed by atoms with Crippen molar-refractivity contribution in [3.63, 3.8) is 0 Å². The number of aliphatic hydroxyl groups is 2. The molecule has 0 saturated heterocycles. The largest absolute Gasteiger partial charge is 0.469 e. The standard InChI is InChI=1S/C16H24O4/c1-3-4-5-6-7-8-9-11-14(17)15(18)12-10-13-16(19)20-2/h3-9,11,14-15,17-18H,10,12-13H2,1-2H3/b4-3+,6-5-,8-7+,11-9+/t14-,15?/m1/s1. The molecule has 0 aromatic heterocycles. The molecule has 20 heavy (non-hydrogen) atoms. The summed E-state index contributed by atoms with van der Waals surface area (Å²) in [6.07, 6.45) is 13.7. The summed E-state index contributed by atoms with van der Waals surface area (Å²) in [5.41, 5.74) is 0. The normalized spacial score (nSPS) is 15.6. The lowest BCUT2D eigenvalue weighted by Crippen LogP contribution is -2.23. The predicted octanol–water partition coefficient (Wildman–Crippen LogP) is 2.30. The molecule has 0 heterocycles. The topological polar surface area (TPSA) is 66.8 Å². The monoisotopic (exact) mass is 280 g/mol. The van der Waals surface area contributed by atoms with Crippen molar-refractivity contribution in [2.24, 2.45) is 0 Å². The molecule has 2 atom stereocenters. The molecule has 0 saturated carbocycles. The third-order valence-electron chi connectivity index (χ3n) is 2.56. The summed E-state index contributed by atoms with van der Waals surface area (Å²) in [7, 11) is 1.33. The van der Waals surface area contributed by atoms with E-state index in [1.807, 2.05) is 37.3 Å². The van der Waals surface area contributed by atoms with Gasteiger partial charge in [-0.2, -0.15) is 0 Å². The summed E-state index contributed by atoms with van der Waals surface area (Å²) in [6.45, 7) is 1.94. The maximum absolute atomic E-state index is 10.9. The van der Waals surface area contributed by atoms with Gasteiger partial charge in [0.05, 0.1) is 19.3 Å². The summed E-state index contributed by atoms with van der Waals surface area (Å²) in [4.78, 5) is 10.9. The van der Waals surface area contributed by atoms with E-state index in [-0.39, 0.29) is 12.4 Å². The van der Waals surface area contributed by atoms with Crippen LogP contribution in [-0.2, 0) is 9.53 Å². The Bertz CT molecular complexity index is 367. The minimum atomic E-state index is -0.934. The molecule has 4 nitrogen and oxygen atoms in total. The van der Waals surface area contributed by atoms with Crippen LogP contribution >= 0.6 is 0 Å². The third kappa shape index (κ3) is 10.3. The van der Waals surface area contributed by atoms with Crippen LogP contribution < -0.4 is 0 Å². The lowest BCUT2D eigenvalue weighted by molar-refractivity contribution is -0.140. The second-order valence-electron chi connectivity index (χ2n) is 4.21. The molecular weight excluding hydrogens is 256 g/mol. The van der Waals surface area contributed by atoms with Gasteiger partial charge in [0, 0.05) is 6.42 Å². The summed E-state index contributed by atoms with van der Waals surface area (Å²) in [5, 5.41) is 19.3. The van der Waals surface area contributed by atoms with Crippen molar-refractivity contribution < 1.29 is 19.7 Å². The first-order valence-electron chi connectivity index (χ1n) is 6.67. The molecule has 0 amide bonds. The number of carbonyl (C=O) groups excluding carboxylic acids is 1. The highest BCUT2D eigenvalue weighted by Crippen LogP contribution is 2.07. The number of ether oxygens (including phenoxy) is 1. The second kappa shape index (κ2) is 12.4. The smallest absolute Gasteiger partial charge is 0.305 e. The van der Waals surface area contributed by atoms with Gasteiger partial charge in [-0.05, 0) is 19.8 Å². The molecule has 0 aromatic carbocycles. The Hall–Kier alpha value is -1.65. The van der Waals surface area contributed by atoms with E-state index in [2.05, 4.69) is 4.74 Å². The Kier molecular flexibility index (Phi) is 11.4. The fourth-order valence-corrected chi connectivity index (χ4v) is 1.40. The van der Waals surface area contributed by atoms with Gasteiger partial charge >= 0.3 is 5.97 Å². The van der Waals surface area contributed by atoms with Crippen molar-refractivity contribution in [2.75, 3.05) is 7.11 Å². The summed E-state index contributed by atoms with van der Waals surface area (Å²) >= 11 is 0. The molecule has 0 fully saturated rings. The zero-order valence-corrected chi connectivity index (χ0v) is 12.1. The highest BCUT2D eigenvalue weighted by molar-refractivity contribution is 5.68. The van der Waals surface area contributed by atoms with Gasteiger partial charge in [-0.15, -0.1) is 0 Å². The molecule has 0 aliphatic carbocycles. The molecule has 1 unspecified atom stereocenters. The molecule has 0 aromatic rings. The Morgan fingerprint density at radius 1 is 1.10 bits per heavy atom. The van der Waals surface area contributed by atoms with E-state index in [1.54, 1.807) is 12.2 Å². The minimum absolute atomic E-state index is 0.250. The third-order valence-corrected chi connectivity index (χ3v) is 2.56. The first kappa shape index (κ1) is 18.4. The molecule has 112 valence electrons. The first-order valence-corrected chi connectivity index (χ1v) is 6.67. The zero-order valence-electron chi connectivity index (χ0n) is 12.1. The molecule has 0 rings (SSSR count). The van der Waals surface area contributed by atoms with E-state index in [1.165, 1.54) is 13.2 Å². The van der Waals surface area contributed by atoms with Crippen molar-refractivity contribution >= 4 is 5.97 Å². The van der Waals surface area contributed by atoms with Crippen molar-refractivity contribution in [3.05, 3.63) is 48.6 Å². The Morgan fingerprint density at radius 2 is 1.70 bits per heavy atom. The molecule has 0 aliphatic rings. The van der Waals surface area contributed by atoms with Gasteiger partial charge in [0.1, 0.15) is 0 Å². The van der Waals surface area contributed by atoms with Crippen LogP contribution in [0.25, 0.3) is 0 Å². The summed E-state index contributed by atoms with van der Waals surface area (Å²) in [6, 6.07) is 0. The number of allylic oxidation sites excluding steroid dienone is 7. The van der Waals surface area contributed by atoms with Crippen molar-refractivity contribution in [1.82, 2.24) is 0 Å². The van der Waals surface area contributed by atoms with Crippen molar-refractivity contribution in [3.8, 4) is 0 Å². The van der Waals surface area contributed by atoms with E-state index in [4.69, 9.17) is 0 Å². The zero-order chi connectivity index (χ0) is 15.2. The fourth-order valence-electron chi connectivity index (χ4n) is 1.40. The Morgan fingerprint density at radius 3 is 2.30 bits per heavy atom. The lowest BCUT2D eigenvalue weighted by atomic mass is 10.1. The van der Waals surface area contributed by atoms with Crippen molar-refractivity contribution in [2.45, 2.75) is 38.4 Å². The van der Waals surface area contributed by atoms with Gasteiger partial charge in [-0.3, -0.25) is 4.79 Å². The highest BCUT2D eigenvalue weighted by Gasteiger charge is 2.13. The minimum Gasteiger partial charge on any atom is -0.469 e. The average Bonchev–Trinajstić information content (AvgIpc) is 2.45. The second-order valence-corrected chi connectivity index (χ2v) is 4.21. The number of esters is 1. The number of hydrogen-bond acceptors (Lipinski definition) is 4. The number of aliphatic hydroxyl groups excluding tert-OH is 2. The van der Waals surface area contributed by atoms with Crippen LogP contribution in [0.4, 0.5) is 0 Å². The Balaban J connectivity index is 3.94. The SMILES string of the molecule is C/C=C/C=C\C=C\C=C\[C@@H](O)C(O)CCCC(=O)OC. The van der Waals surface area contributed by atoms with Crippen LogP contribution in [0.1, 0.15) is 26.2 Å². The summed E-state index contributed by atoms with van der Waals surface area (Å²) < 4.78 is 4.49.